The van der Waals surface area contributed by atoms with Crippen LogP contribution in [-0.4, -0.2) is 25.9 Å². The first-order valence-corrected chi connectivity index (χ1v) is 10.8. The molecule has 0 amide bonds. The number of ether oxygens (including phenoxy) is 1. The number of benzene rings is 2. The topological polar surface area (TPSA) is 107 Å². The minimum absolute atomic E-state index is 0.0840. The lowest BCUT2D eigenvalue weighted by molar-refractivity contribution is 0.0460. The summed E-state index contributed by atoms with van der Waals surface area (Å²) in [6.07, 6.45) is 0. The minimum Gasteiger partial charge on any atom is -0.455 e. The SMILES string of the molecule is Cc1noc(CSc2ccccc2C(=O)OCc2c(C#N)c(C)nn2-c2ccccc2)n1. The van der Waals surface area contributed by atoms with Crippen molar-refractivity contribution in [2.45, 2.75) is 31.1 Å². The fourth-order valence-corrected chi connectivity index (χ4v) is 4.03. The summed E-state index contributed by atoms with van der Waals surface area (Å²) in [7, 11) is 0. The van der Waals surface area contributed by atoms with Crippen LogP contribution in [0.5, 0.6) is 0 Å². The number of nitriles is 1. The second-order valence-corrected chi connectivity index (χ2v) is 7.88. The van der Waals surface area contributed by atoms with Crippen molar-refractivity contribution < 1.29 is 14.1 Å². The lowest BCUT2D eigenvalue weighted by Gasteiger charge is -2.11. The fourth-order valence-electron chi connectivity index (χ4n) is 3.15. The van der Waals surface area contributed by atoms with E-state index >= 15 is 0 Å². The molecule has 0 spiro atoms. The molecule has 2 heterocycles. The van der Waals surface area contributed by atoms with Crippen molar-refractivity contribution in [2.75, 3.05) is 0 Å². The summed E-state index contributed by atoms with van der Waals surface area (Å²) in [4.78, 5) is 17.8. The summed E-state index contributed by atoms with van der Waals surface area (Å²) >= 11 is 1.41. The van der Waals surface area contributed by atoms with Gasteiger partial charge in [-0.15, -0.1) is 11.8 Å². The molecule has 0 unspecified atom stereocenters. The van der Waals surface area contributed by atoms with Crippen molar-refractivity contribution in [3.05, 3.63) is 88.8 Å². The van der Waals surface area contributed by atoms with Gasteiger partial charge in [-0.05, 0) is 38.1 Å². The van der Waals surface area contributed by atoms with Crippen molar-refractivity contribution >= 4 is 17.7 Å². The van der Waals surface area contributed by atoms with Crippen LogP contribution in [0.15, 0.2) is 64.0 Å². The number of esters is 1. The molecule has 0 radical (unpaired) electrons. The van der Waals surface area contributed by atoms with Gasteiger partial charge in [0.25, 0.3) is 0 Å². The first-order chi connectivity index (χ1) is 15.6. The molecule has 4 rings (SSSR count). The van der Waals surface area contributed by atoms with E-state index in [1.54, 1.807) is 30.7 Å². The Morgan fingerprint density at radius 1 is 1.16 bits per heavy atom. The fraction of sp³-hybridized carbons (Fsp3) is 0.174. The summed E-state index contributed by atoms with van der Waals surface area (Å²) in [5, 5.41) is 17.8. The van der Waals surface area contributed by atoms with E-state index < -0.39 is 5.97 Å². The molecule has 2 aromatic carbocycles. The third kappa shape index (κ3) is 4.55. The number of thioether (sulfide) groups is 1. The summed E-state index contributed by atoms with van der Waals surface area (Å²) < 4.78 is 12.4. The van der Waals surface area contributed by atoms with E-state index in [1.165, 1.54) is 11.8 Å². The van der Waals surface area contributed by atoms with E-state index in [0.29, 0.717) is 40.0 Å². The molecule has 9 heteroatoms. The van der Waals surface area contributed by atoms with E-state index in [9.17, 15) is 10.1 Å². The molecular formula is C23H19N5O3S. The summed E-state index contributed by atoms with van der Waals surface area (Å²) in [6, 6.07) is 18.7. The normalized spacial score (nSPS) is 10.7. The van der Waals surface area contributed by atoms with Gasteiger partial charge in [-0.25, -0.2) is 9.48 Å². The maximum atomic E-state index is 12.9. The summed E-state index contributed by atoms with van der Waals surface area (Å²) in [5.41, 5.74) is 2.71. The molecule has 32 heavy (non-hydrogen) atoms. The van der Waals surface area contributed by atoms with Crippen LogP contribution in [0.1, 0.15) is 39.0 Å². The van der Waals surface area contributed by atoms with Gasteiger partial charge >= 0.3 is 5.97 Å². The second-order valence-electron chi connectivity index (χ2n) is 6.86. The number of aromatic nitrogens is 4. The molecule has 0 aliphatic carbocycles. The summed E-state index contributed by atoms with van der Waals surface area (Å²) in [6.45, 7) is 3.42. The van der Waals surface area contributed by atoms with Crippen molar-refractivity contribution in [3.8, 4) is 11.8 Å². The van der Waals surface area contributed by atoms with Gasteiger partial charge < -0.3 is 9.26 Å². The van der Waals surface area contributed by atoms with Crippen LogP contribution in [-0.2, 0) is 17.1 Å². The van der Waals surface area contributed by atoms with Gasteiger partial charge in [0.2, 0.25) is 5.89 Å². The molecule has 8 nitrogen and oxygen atoms in total. The predicted octanol–water partition coefficient (Wildman–Crippen LogP) is 4.39. The number of para-hydroxylation sites is 1. The Morgan fingerprint density at radius 2 is 1.91 bits per heavy atom. The van der Waals surface area contributed by atoms with Crippen molar-refractivity contribution in [2.24, 2.45) is 0 Å². The maximum Gasteiger partial charge on any atom is 0.339 e. The highest BCUT2D eigenvalue weighted by Gasteiger charge is 2.20. The average molecular weight is 446 g/mol. The number of carbonyl (C=O) groups is 1. The number of hydrogen-bond acceptors (Lipinski definition) is 8. The van der Waals surface area contributed by atoms with Gasteiger partial charge in [-0.2, -0.15) is 15.3 Å². The molecule has 160 valence electrons. The average Bonchev–Trinajstić information content (AvgIpc) is 3.38. The third-order valence-electron chi connectivity index (χ3n) is 4.64. The molecule has 0 fully saturated rings. The Morgan fingerprint density at radius 3 is 2.62 bits per heavy atom. The zero-order chi connectivity index (χ0) is 22.5. The number of aryl methyl sites for hydroxylation is 2. The van der Waals surface area contributed by atoms with Gasteiger partial charge in [0.15, 0.2) is 5.82 Å². The van der Waals surface area contributed by atoms with Crippen molar-refractivity contribution in [1.82, 2.24) is 19.9 Å². The van der Waals surface area contributed by atoms with Crippen LogP contribution in [0.4, 0.5) is 0 Å². The number of carbonyl (C=O) groups excluding carboxylic acids is 1. The van der Waals surface area contributed by atoms with Crippen LogP contribution in [0, 0.1) is 25.2 Å². The van der Waals surface area contributed by atoms with Crippen LogP contribution in [0.25, 0.3) is 5.69 Å². The Bertz CT molecular complexity index is 1290. The van der Waals surface area contributed by atoms with E-state index in [0.717, 1.165) is 10.6 Å². The van der Waals surface area contributed by atoms with Crippen molar-refractivity contribution in [1.29, 1.82) is 5.26 Å². The third-order valence-corrected chi connectivity index (χ3v) is 5.69. The van der Waals surface area contributed by atoms with Crippen LogP contribution in [0.3, 0.4) is 0 Å². The lowest BCUT2D eigenvalue weighted by atomic mass is 10.2. The quantitative estimate of drug-likeness (QED) is 0.304. The largest absolute Gasteiger partial charge is 0.455 e. The molecular weight excluding hydrogens is 426 g/mol. The highest BCUT2D eigenvalue weighted by atomic mass is 32.2. The second kappa shape index (κ2) is 9.49. The molecule has 0 N–H and O–H groups in total. The number of rotatable bonds is 7. The van der Waals surface area contributed by atoms with Crippen molar-refractivity contribution in [3.63, 3.8) is 0 Å². The molecule has 0 bridgehead atoms. The van der Waals surface area contributed by atoms with Crippen LogP contribution >= 0.6 is 11.8 Å². The van der Waals surface area contributed by atoms with Gasteiger partial charge in [-0.1, -0.05) is 35.5 Å². The van der Waals surface area contributed by atoms with Gasteiger partial charge in [0.05, 0.1) is 28.4 Å². The Kier molecular flexibility index (Phi) is 6.33. The molecule has 0 atom stereocenters. The van der Waals surface area contributed by atoms with Gasteiger partial charge in [0, 0.05) is 4.90 Å². The number of hydrogen-bond donors (Lipinski definition) is 0. The molecule has 4 aromatic rings. The van der Waals surface area contributed by atoms with E-state index in [-0.39, 0.29) is 6.61 Å². The molecule has 0 aliphatic heterocycles. The standard InChI is InChI=1S/C23H19N5O3S/c1-15-19(12-24)20(28(26-15)17-8-4-3-5-9-17)13-30-23(29)18-10-6-7-11-21(18)32-14-22-25-16(2)27-31-22/h3-11H,13-14H2,1-2H3. The van der Waals surface area contributed by atoms with E-state index in [2.05, 4.69) is 21.3 Å². The number of nitrogens with zero attached hydrogens (tertiary/aromatic N) is 5. The molecule has 0 aliphatic rings. The Balaban J connectivity index is 1.53. The van der Waals surface area contributed by atoms with E-state index in [1.807, 2.05) is 42.5 Å². The monoisotopic (exact) mass is 445 g/mol. The smallest absolute Gasteiger partial charge is 0.339 e. The zero-order valence-electron chi connectivity index (χ0n) is 17.5. The highest BCUT2D eigenvalue weighted by molar-refractivity contribution is 7.98. The predicted molar refractivity (Wildman–Crippen MR) is 117 cm³/mol. The molecule has 2 aromatic heterocycles. The minimum atomic E-state index is -0.489. The first kappa shape index (κ1) is 21.3. The van der Waals surface area contributed by atoms with Crippen LogP contribution in [0.2, 0.25) is 0 Å². The Labute approximate surface area is 188 Å². The van der Waals surface area contributed by atoms with Gasteiger partial charge in [0.1, 0.15) is 18.2 Å². The van der Waals surface area contributed by atoms with E-state index in [4.69, 9.17) is 9.26 Å². The first-order valence-electron chi connectivity index (χ1n) is 9.79. The summed E-state index contributed by atoms with van der Waals surface area (Å²) in [5.74, 6) is 0.990. The lowest BCUT2D eigenvalue weighted by Crippen LogP contribution is -2.11. The Hall–Kier alpha value is -3.90. The highest BCUT2D eigenvalue weighted by Crippen LogP contribution is 2.27. The molecule has 0 saturated carbocycles. The van der Waals surface area contributed by atoms with Crippen LogP contribution < -0.4 is 0 Å². The maximum absolute atomic E-state index is 12.9. The zero-order valence-corrected chi connectivity index (χ0v) is 18.3. The molecule has 0 saturated heterocycles. The van der Waals surface area contributed by atoms with Gasteiger partial charge in [-0.3, -0.25) is 0 Å².